The number of nitrogens with one attached hydrogen (secondary N) is 2. The van der Waals surface area contributed by atoms with Gasteiger partial charge in [-0.25, -0.2) is 0 Å². The summed E-state index contributed by atoms with van der Waals surface area (Å²) in [6.45, 7) is 1.49. The van der Waals surface area contributed by atoms with E-state index < -0.39 is 0 Å². The molecule has 0 amide bonds. The van der Waals surface area contributed by atoms with E-state index in [1.165, 1.54) is 0 Å². The van der Waals surface area contributed by atoms with Crippen LogP contribution in [0.4, 0.5) is 5.69 Å². The van der Waals surface area contributed by atoms with Crippen LogP contribution in [0.2, 0.25) is 0 Å². The number of amidine groups is 1. The van der Waals surface area contributed by atoms with E-state index in [1.54, 1.807) is 6.07 Å². The zero-order valence-electron chi connectivity index (χ0n) is 7.13. The molecule has 0 saturated carbocycles. The lowest BCUT2D eigenvalue weighted by Gasteiger charge is -2.19. The van der Waals surface area contributed by atoms with Crippen molar-refractivity contribution in [1.29, 1.82) is 5.41 Å². The predicted octanol–water partition coefficient (Wildman–Crippen LogP) is 0.775. The van der Waals surface area contributed by atoms with E-state index in [2.05, 4.69) is 5.32 Å². The van der Waals surface area contributed by atoms with Gasteiger partial charge in [0.05, 0.1) is 5.69 Å². The highest BCUT2D eigenvalue weighted by Gasteiger charge is 2.09. The summed E-state index contributed by atoms with van der Waals surface area (Å²) in [5.41, 5.74) is 7.00. The summed E-state index contributed by atoms with van der Waals surface area (Å²) in [6, 6.07) is 5.45. The first-order chi connectivity index (χ1) is 6.27. The van der Waals surface area contributed by atoms with Crippen LogP contribution in [0, 0.1) is 5.41 Å². The number of fused-ring (bicyclic) bond motifs is 1. The summed E-state index contributed by atoms with van der Waals surface area (Å²) < 4.78 is 5.38. The lowest BCUT2D eigenvalue weighted by atomic mass is 10.1. The molecule has 1 aliphatic rings. The SMILES string of the molecule is N=C(N)c1ccc2c(c1)NCCO2. The van der Waals surface area contributed by atoms with Crippen molar-refractivity contribution < 1.29 is 4.74 Å². The molecule has 1 aliphatic heterocycles. The summed E-state index contributed by atoms with van der Waals surface area (Å²) >= 11 is 0. The smallest absolute Gasteiger partial charge is 0.142 e. The van der Waals surface area contributed by atoms with Gasteiger partial charge in [0.25, 0.3) is 0 Å². The Morgan fingerprint density at radius 2 is 2.38 bits per heavy atom. The van der Waals surface area contributed by atoms with E-state index in [0.29, 0.717) is 6.61 Å². The fourth-order valence-electron chi connectivity index (χ4n) is 1.31. The first-order valence-corrected chi connectivity index (χ1v) is 4.12. The maximum absolute atomic E-state index is 7.26. The van der Waals surface area contributed by atoms with Crippen LogP contribution in [0.15, 0.2) is 18.2 Å². The Kier molecular flexibility index (Phi) is 1.81. The van der Waals surface area contributed by atoms with Gasteiger partial charge < -0.3 is 15.8 Å². The lowest BCUT2D eigenvalue weighted by molar-refractivity contribution is 0.323. The molecule has 4 nitrogen and oxygen atoms in total. The number of benzene rings is 1. The van der Waals surface area contributed by atoms with Crippen LogP contribution in [0.1, 0.15) is 5.56 Å². The highest BCUT2D eigenvalue weighted by Crippen LogP contribution is 2.27. The van der Waals surface area contributed by atoms with E-state index in [1.807, 2.05) is 12.1 Å². The van der Waals surface area contributed by atoms with Gasteiger partial charge in [-0.15, -0.1) is 0 Å². The van der Waals surface area contributed by atoms with E-state index in [0.717, 1.165) is 23.5 Å². The fraction of sp³-hybridized carbons (Fsp3) is 0.222. The van der Waals surface area contributed by atoms with Crippen LogP contribution in [0.25, 0.3) is 0 Å². The molecule has 0 bridgehead atoms. The Hall–Kier alpha value is -1.71. The van der Waals surface area contributed by atoms with E-state index in [-0.39, 0.29) is 5.84 Å². The zero-order valence-corrected chi connectivity index (χ0v) is 7.13. The van der Waals surface area contributed by atoms with Crippen molar-refractivity contribution in [2.45, 2.75) is 0 Å². The molecule has 0 saturated heterocycles. The predicted molar refractivity (Wildman–Crippen MR) is 51.4 cm³/mol. The molecule has 4 heteroatoms. The summed E-state index contributed by atoms with van der Waals surface area (Å²) in [6.07, 6.45) is 0. The number of nitrogens with two attached hydrogens (primary N) is 1. The number of anilines is 1. The number of ether oxygens (including phenoxy) is 1. The molecule has 0 radical (unpaired) electrons. The fourth-order valence-corrected chi connectivity index (χ4v) is 1.31. The third-order valence-corrected chi connectivity index (χ3v) is 1.97. The van der Waals surface area contributed by atoms with Gasteiger partial charge in [-0.2, -0.15) is 0 Å². The molecule has 68 valence electrons. The molecule has 2 rings (SSSR count). The molecule has 0 fully saturated rings. The third-order valence-electron chi connectivity index (χ3n) is 1.97. The molecule has 0 unspecified atom stereocenters. The average molecular weight is 177 g/mol. The number of hydrogen-bond acceptors (Lipinski definition) is 3. The minimum absolute atomic E-state index is 0.0789. The van der Waals surface area contributed by atoms with Gasteiger partial charge in [-0.05, 0) is 18.2 Å². The van der Waals surface area contributed by atoms with Crippen molar-refractivity contribution in [2.24, 2.45) is 5.73 Å². The molecule has 1 aromatic rings. The van der Waals surface area contributed by atoms with Crippen molar-refractivity contribution in [1.82, 2.24) is 0 Å². The molecule has 4 N–H and O–H groups in total. The van der Waals surface area contributed by atoms with Crippen LogP contribution >= 0.6 is 0 Å². The number of rotatable bonds is 1. The summed E-state index contributed by atoms with van der Waals surface area (Å²) in [7, 11) is 0. The van der Waals surface area contributed by atoms with Crippen LogP contribution in [0.5, 0.6) is 5.75 Å². The molecule has 13 heavy (non-hydrogen) atoms. The second kappa shape index (κ2) is 2.97. The van der Waals surface area contributed by atoms with E-state index in [9.17, 15) is 0 Å². The second-order valence-corrected chi connectivity index (χ2v) is 2.90. The summed E-state index contributed by atoms with van der Waals surface area (Å²) in [5.74, 6) is 0.909. The van der Waals surface area contributed by atoms with Crippen LogP contribution in [-0.2, 0) is 0 Å². The van der Waals surface area contributed by atoms with Gasteiger partial charge in [-0.3, -0.25) is 5.41 Å². The van der Waals surface area contributed by atoms with Crippen molar-refractivity contribution in [3.63, 3.8) is 0 Å². The van der Waals surface area contributed by atoms with Gasteiger partial charge in [-0.1, -0.05) is 0 Å². The maximum atomic E-state index is 7.26. The molecule has 1 aromatic carbocycles. The largest absolute Gasteiger partial charge is 0.490 e. The Morgan fingerprint density at radius 3 is 3.15 bits per heavy atom. The van der Waals surface area contributed by atoms with E-state index >= 15 is 0 Å². The van der Waals surface area contributed by atoms with Gasteiger partial charge >= 0.3 is 0 Å². The maximum Gasteiger partial charge on any atom is 0.142 e. The highest BCUT2D eigenvalue weighted by atomic mass is 16.5. The number of hydrogen-bond donors (Lipinski definition) is 3. The lowest BCUT2D eigenvalue weighted by Crippen LogP contribution is -2.19. The van der Waals surface area contributed by atoms with Crippen molar-refractivity contribution in [3.05, 3.63) is 23.8 Å². The Bertz CT molecular complexity index is 349. The van der Waals surface area contributed by atoms with Crippen molar-refractivity contribution in [2.75, 3.05) is 18.5 Å². The van der Waals surface area contributed by atoms with Gasteiger partial charge in [0.2, 0.25) is 0 Å². The monoisotopic (exact) mass is 177 g/mol. The zero-order chi connectivity index (χ0) is 9.26. The summed E-state index contributed by atoms with van der Waals surface area (Å²) in [4.78, 5) is 0. The van der Waals surface area contributed by atoms with Crippen molar-refractivity contribution >= 4 is 11.5 Å². The van der Waals surface area contributed by atoms with E-state index in [4.69, 9.17) is 15.9 Å². The van der Waals surface area contributed by atoms with Gasteiger partial charge in [0.1, 0.15) is 18.2 Å². The Balaban J connectivity index is 2.40. The standard InChI is InChI=1S/C9H11N3O/c10-9(11)6-1-2-8-7(5-6)12-3-4-13-8/h1-2,5,12H,3-4H2,(H3,10,11). The average Bonchev–Trinajstić information content (AvgIpc) is 2.17. The van der Waals surface area contributed by atoms with Crippen LogP contribution < -0.4 is 15.8 Å². The quantitative estimate of drug-likeness (QED) is 0.438. The van der Waals surface area contributed by atoms with Crippen molar-refractivity contribution in [3.8, 4) is 5.75 Å². The minimum Gasteiger partial charge on any atom is -0.490 e. The summed E-state index contributed by atoms with van der Waals surface area (Å²) in [5, 5.41) is 10.4. The normalized spacial score (nSPS) is 13.8. The topological polar surface area (TPSA) is 71.1 Å². The molecule has 0 spiro atoms. The van der Waals surface area contributed by atoms with Gasteiger partial charge in [0.15, 0.2) is 0 Å². The van der Waals surface area contributed by atoms with Crippen LogP contribution in [-0.4, -0.2) is 19.0 Å². The highest BCUT2D eigenvalue weighted by molar-refractivity contribution is 5.96. The Labute approximate surface area is 76.2 Å². The molecule has 1 heterocycles. The number of nitrogen functional groups attached to an aromatic ring is 1. The first kappa shape index (κ1) is 7.91. The van der Waals surface area contributed by atoms with Gasteiger partial charge in [0, 0.05) is 12.1 Å². The molecule has 0 aliphatic carbocycles. The molecule has 0 atom stereocenters. The second-order valence-electron chi connectivity index (χ2n) is 2.90. The first-order valence-electron chi connectivity index (χ1n) is 4.12. The minimum atomic E-state index is 0.0789. The Morgan fingerprint density at radius 1 is 1.54 bits per heavy atom. The molecule has 0 aromatic heterocycles. The molecular formula is C9H11N3O. The third kappa shape index (κ3) is 1.42. The van der Waals surface area contributed by atoms with Crippen LogP contribution in [0.3, 0.4) is 0 Å². The molecular weight excluding hydrogens is 166 g/mol.